The quantitative estimate of drug-likeness (QED) is 0.893. The van der Waals surface area contributed by atoms with Gasteiger partial charge in [-0.25, -0.2) is 4.98 Å². The Morgan fingerprint density at radius 3 is 2.60 bits per heavy atom. The molecule has 1 aromatic heterocycles. The van der Waals surface area contributed by atoms with Crippen molar-refractivity contribution in [3.63, 3.8) is 0 Å². The molecule has 1 aromatic carbocycles. The molecule has 2 rings (SSSR count). The van der Waals surface area contributed by atoms with E-state index in [1.165, 1.54) is 0 Å². The Hall–Kier alpha value is -1.10. The van der Waals surface area contributed by atoms with E-state index in [-0.39, 0.29) is 12.6 Å². The smallest absolute Gasteiger partial charge is 0.134 e. The summed E-state index contributed by atoms with van der Waals surface area (Å²) in [5.41, 5.74) is 1.94. The summed E-state index contributed by atoms with van der Waals surface area (Å²) in [6.07, 6.45) is 1.74. The number of nitrogens with zero attached hydrogens (tertiary/aromatic N) is 2. The minimum Gasteiger partial charge on any atom is -0.392 e. The molecule has 0 aliphatic carbocycles. The van der Waals surface area contributed by atoms with Gasteiger partial charge in [0.15, 0.2) is 0 Å². The highest BCUT2D eigenvalue weighted by molar-refractivity contribution is 9.10. The number of aliphatic hydroxyl groups is 1. The van der Waals surface area contributed by atoms with Crippen LogP contribution in [0.2, 0.25) is 5.02 Å². The van der Waals surface area contributed by atoms with Crippen LogP contribution in [0.15, 0.2) is 41.0 Å². The minimum absolute atomic E-state index is 0.0422. The number of halogens is 2. The Morgan fingerprint density at radius 2 is 2.00 bits per heavy atom. The van der Waals surface area contributed by atoms with Gasteiger partial charge in [-0.2, -0.15) is 0 Å². The standard InChI is InChI=1S/C15H16BrClN2O/c1-10(11-3-5-14(17)6-4-11)19(2)15-12(9-20)7-13(16)8-18-15/h3-8,10,20H,9H2,1-2H3. The number of aliphatic hydroxyl groups excluding tert-OH is 1. The first-order chi connectivity index (χ1) is 9.52. The second kappa shape index (κ2) is 6.57. The lowest BCUT2D eigenvalue weighted by atomic mass is 10.1. The van der Waals surface area contributed by atoms with Crippen LogP contribution in [0.4, 0.5) is 5.82 Å². The van der Waals surface area contributed by atoms with E-state index in [9.17, 15) is 5.11 Å². The third kappa shape index (κ3) is 3.32. The van der Waals surface area contributed by atoms with Crippen LogP contribution in [0.1, 0.15) is 24.1 Å². The van der Waals surface area contributed by atoms with Crippen LogP contribution in [-0.2, 0) is 6.61 Å². The van der Waals surface area contributed by atoms with E-state index < -0.39 is 0 Å². The zero-order valence-corrected chi connectivity index (χ0v) is 13.7. The molecule has 0 saturated heterocycles. The van der Waals surface area contributed by atoms with Gasteiger partial charge in [0.2, 0.25) is 0 Å². The Balaban J connectivity index is 2.30. The highest BCUT2D eigenvalue weighted by Gasteiger charge is 2.16. The molecule has 0 spiro atoms. The van der Waals surface area contributed by atoms with Gasteiger partial charge in [0, 0.05) is 28.3 Å². The van der Waals surface area contributed by atoms with Crippen molar-refractivity contribution in [2.75, 3.05) is 11.9 Å². The van der Waals surface area contributed by atoms with Gasteiger partial charge < -0.3 is 10.0 Å². The first kappa shape index (κ1) is 15.3. The molecule has 0 radical (unpaired) electrons. The molecule has 1 N–H and O–H groups in total. The molecule has 106 valence electrons. The van der Waals surface area contributed by atoms with Crippen LogP contribution < -0.4 is 4.90 Å². The predicted octanol–water partition coefficient (Wildman–Crippen LogP) is 4.19. The largest absolute Gasteiger partial charge is 0.392 e. The van der Waals surface area contributed by atoms with Gasteiger partial charge in [-0.05, 0) is 46.6 Å². The summed E-state index contributed by atoms with van der Waals surface area (Å²) in [7, 11) is 1.97. The predicted molar refractivity (Wildman–Crippen MR) is 86.1 cm³/mol. The van der Waals surface area contributed by atoms with Gasteiger partial charge in [-0.15, -0.1) is 0 Å². The van der Waals surface area contributed by atoms with Crippen molar-refractivity contribution in [1.29, 1.82) is 0 Å². The van der Waals surface area contributed by atoms with E-state index in [0.717, 1.165) is 26.4 Å². The summed E-state index contributed by atoms with van der Waals surface area (Å²) in [5, 5.41) is 10.2. The molecule has 1 unspecified atom stereocenters. The fraction of sp³-hybridized carbons (Fsp3) is 0.267. The maximum absolute atomic E-state index is 9.48. The minimum atomic E-state index is -0.0422. The van der Waals surface area contributed by atoms with Crippen LogP contribution in [-0.4, -0.2) is 17.1 Å². The first-order valence-corrected chi connectivity index (χ1v) is 7.43. The fourth-order valence-corrected chi connectivity index (χ4v) is 2.56. The number of aromatic nitrogens is 1. The van der Waals surface area contributed by atoms with E-state index >= 15 is 0 Å². The van der Waals surface area contributed by atoms with Gasteiger partial charge in [0.05, 0.1) is 12.6 Å². The number of anilines is 1. The molecular weight excluding hydrogens is 340 g/mol. The molecule has 0 saturated carbocycles. The Kier molecular flexibility index (Phi) is 5.02. The van der Waals surface area contributed by atoms with Gasteiger partial charge in [0.1, 0.15) is 5.82 Å². The summed E-state index contributed by atoms with van der Waals surface area (Å²) >= 11 is 9.28. The molecule has 3 nitrogen and oxygen atoms in total. The molecule has 20 heavy (non-hydrogen) atoms. The number of pyridine rings is 1. The fourth-order valence-electron chi connectivity index (χ4n) is 2.06. The number of hydrogen-bond acceptors (Lipinski definition) is 3. The van der Waals surface area contributed by atoms with Crippen molar-refractivity contribution in [2.45, 2.75) is 19.6 Å². The zero-order valence-electron chi connectivity index (χ0n) is 11.3. The monoisotopic (exact) mass is 354 g/mol. The molecule has 5 heteroatoms. The van der Waals surface area contributed by atoms with E-state index in [0.29, 0.717) is 0 Å². The lowest BCUT2D eigenvalue weighted by molar-refractivity contribution is 0.281. The maximum atomic E-state index is 9.48. The van der Waals surface area contributed by atoms with Crippen molar-refractivity contribution in [3.8, 4) is 0 Å². The normalized spacial score (nSPS) is 12.2. The number of hydrogen-bond donors (Lipinski definition) is 1. The van der Waals surface area contributed by atoms with Crippen LogP contribution in [0, 0.1) is 0 Å². The summed E-state index contributed by atoms with van der Waals surface area (Å²) in [4.78, 5) is 6.45. The Morgan fingerprint density at radius 1 is 1.35 bits per heavy atom. The second-order valence-electron chi connectivity index (χ2n) is 4.63. The van der Waals surface area contributed by atoms with E-state index in [2.05, 4.69) is 27.8 Å². The molecule has 1 atom stereocenters. The first-order valence-electron chi connectivity index (χ1n) is 6.26. The zero-order chi connectivity index (χ0) is 14.7. The molecule has 1 heterocycles. The summed E-state index contributed by atoms with van der Waals surface area (Å²) in [5.74, 6) is 0.776. The third-order valence-corrected chi connectivity index (χ3v) is 4.03. The number of rotatable bonds is 4. The van der Waals surface area contributed by atoms with Gasteiger partial charge in [0.25, 0.3) is 0 Å². The number of benzene rings is 1. The molecular formula is C15H16BrClN2O. The van der Waals surface area contributed by atoms with Crippen LogP contribution in [0.25, 0.3) is 0 Å². The molecule has 2 aromatic rings. The lowest BCUT2D eigenvalue weighted by Gasteiger charge is -2.28. The average molecular weight is 356 g/mol. The van der Waals surface area contributed by atoms with E-state index in [4.69, 9.17) is 11.6 Å². The molecule has 0 amide bonds. The van der Waals surface area contributed by atoms with E-state index in [1.807, 2.05) is 42.3 Å². The van der Waals surface area contributed by atoms with Crippen LogP contribution in [0.3, 0.4) is 0 Å². The third-order valence-electron chi connectivity index (χ3n) is 3.35. The highest BCUT2D eigenvalue weighted by Crippen LogP contribution is 2.28. The summed E-state index contributed by atoms with van der Waals surface area (Å²) < 4.78 is 0.859. The summed E-state index contributed by atoms with van der Waals surface area (Å²) in [6, 6.07) is 9.77. The van der Waals surface area contributed by atoms with Crippen molar-refractivity contribution >= 4 is 33.3 Å². The van der Waals surface area contributed by atoms with Crippen molar-refractivity contribution < 1.29 is 5.11 Å². The van der Waals surface area contributed by atoms with Crippen LogP contribution >= 0.6 is 27.5 Å². The molecule has 0 fully saturated rings. The van der Waals surface area contributed by atoms with Gasteiger partial charge >= 0.3 is 0 Å². The second-order valence-corrected chi connectivity index (χ2v) is 5.98. The summed E-state index contributed by atoms with van der Waals surface area (Å²) in [6.45, 7) is 2.05. The topological polar surface area (TPSA) is 36.4 Å². The van der Waals surface area contributed by atoms with Crippen molar-refractivity contribution in [1.82, 2.24) is 4.98 Å². The Labute approximate surface area is 132 Å². The highest BCUT2D eigenvalue weighted by atomic mass is 79.9. The molecule has 0 aliphatic rings. The average Bonchev–Trinajstić information content (AvgIpc) is 2.46. The lowest BCUT2D eigenvalue weighted by Crippen LogP contribution is -2.24. The molecule has 0 aliphatic heterocycles. The Bertz CT molecular complexity index is 589. The maximum Gasteiger partial charge on any atom is 0.134 e. The van der Waals surface area contributed by atoms with Crippen molar-refractivity contribution in [2.24, 2.45) is 0 Å². The van der Waals surface area contributed by atoms with Crippen molar-refractivity contribution in [3.05, 3.63) is 57.2 Å². The molecule has 0 bridgehead atoms. The van der Waals surface area contributed by atoms with Gasteiger partial charge in [-0.3, -0.25) is 0 Å². The SMILES string of the molecule is CC(c1ccc(Cl)cc1)N(C)c1ncc(Br)cc1CO. The van der Waals surface area contributed by atoms with Crippen LogP contribution in [0.5, 0.6) is 0 Å². The van der Waals surface area contributed by atoms with Gasteiger partial charge in [-0.1, -0.05) is 23.7 Å². The van der Waals surface area contributed by atoms with E-state index in [1.54, 1.807) is 6.20 Å².